The molecule has 4 nitrogen and oxygen atoms in total. The van der Waals surface area contributed by atoms with E-state index in [2.05, 4.69) is 28.0 Å². The molecular weight excluding hydrogens is 296 g/mol. The number of hydrogen-bond acceptors (Lipinski definition) is 2. The van der Waals surface area contributed by atoms with E-state index in [0.717, 1.165) is 18.5 Å². The predicted molar refractivity (Wildman–Crippen MR) is 74.6 cm³/mol. The molecule has 5 heteroatoms. The summed E-state index contributed by atoms with van der Waals surface area (Å²) in [4.78, 5) is 12.2. The topological polar surface area (TPSA) is 47.0 Å². The number of rotatable bonds is 4. The number of nitrogens with one attached hydrogen (secondary N) is 1. The molecule has 0 saturated heterocycles. The number of H-pyrrole nitrogens is 1. The smallest absolute Gasteiger partial charge is 0.285 e. The van der Waals surface area contributed by atoms with E-state index in [4.69, 9.17) is 4.74 Å². The predicted octanol–water partition coefficient (Wildman–Crippen LogP) is 2.89. The number of benzene rings is 1. The molecule has 1 aromatic heterocycles. The minimum Gasteiger partial charge on any atom is -0.494 e. The van der Waals surface area contributed by atoms with Crippen LogP contribution in [0.5, 0.6) is 5.75 Å². The number of methoxy groups -OCH3 is 1. The maximum absolute atomic E-state index is 12.2. The van der Waals surface area contributed by atoms with Crippen molar-refractivity contribution in [1.82, 2.24) is 9.78 Å². The lowest BCUT2D eigenvalue weighted by Gasteiger charge is -2.07. The first-order valence-corrected chi connectivity index (χ1v) is 6.61. The molecule has 96 valence electrons. The molecule has 0 aliphatic carbocycles. The van der Waals surface area contributed by atoms with E-state index >= 15 is 0 Å². The van der Waals surface area contributed by atoms with Crippen LogP contribution >= 0.6 is 15.9 Å². The zero-order chi connectivity index (χ0) is 13.1. The number of aryl methyl sites for hydroxylation is 1. The zero-order valence-electron chi connectivity index (χ0n) is 10.4. The molecule has 0 bridgehead atoms. The van der Waals surface area contributed by atoms with Crippen LogP contribution in [-0.2, 0) is 6.42 Å². The van der Waals surface area contributed by atoms with E-state index in [1.807, 2.05) is 24.3 Å². The normalized spacial score (nSPS) is 10.6. The molecule has 2 aromatic rings. The van der Waals surface area contributed by atoms with Crippen molar-refractivity contribution in [3.63, 3.8) is 0 Å². The van der Waals surface area contributed by atoms with Crippen molar-refractivity contribution in [3.05, 3.63) is 44.8 Å². The third-order valence-corrected chi connectivity index (χ3v) is 3.55. The van der Waals surface area contributed by atoms with E-state index in [-0.39, 0.29) is 5.56 Å². The summed E-state index contributed by atoms with van der Waals surface area (Å²) in [5.74, 6) is 0.663. The van der Waals surface area contributed by atoms with Gasteiger partial charge in [-0.25, -0.2) is 4.68 Å². The number of para-hydroxylation sites is 2. The van der Waals surface area contributed by atoms with Gasteiger partial charge in [0.05, 0.1) is 12.8 Å². The summed E-state index contributed by atoms with van der Waals surface area (Å²) in [5, 5.41) is 3.12. The van der Waals surface area contributed by atoms with Crippen molar-refractivity contribution in [2.45, 2.75) is 19.8 Å². The van der Waals surface area contributed by atoms with Gasteiger partial charge in [-0.3, -0.25) is 9.89 Å². The highest BCUT2D eigenvalue weighted by atomic mass is 79.9. The minimum atomic E-state index is -0.0945. The van der Waals surface area contributed by atoms with Gasteiger partial charge in [-0.15, -0.1) is 0 Å². The lowest BCUT2D eigenvalue weighted by Crippen LogP contribution is -2.15. The van der Waals surface area contributed by atoms with E-state index in [0.29, 0.717) is 15.9 Å². The first-order chi connectivity index (χ1) is 8.69. The quantitative estimate of drug-likeness (QED) is 0.944. The fourth-order valence-electron chi connectivity index (χ4n) is 1.86. The van der Waals surface area contributed by atoms with Crippen LogP contribution in [0, 0.1) is 0 Å². The number of nitrogens with zero attached hydrogens (tertiary/aromatic N) is 1. The molecule has 1 aromatic carbocycles. The van der Waals surface area contributed by atoms with Crippen LogP contribution in [0.15, 0.2) is 33.5 Å². The monoisotopic (exact) mass is 310 g/mol. The largest absolute Gasteiger partial charge is 0.494 e. The Bertz CT molecular complexity index is 601. The summed E-state index contributed by atoms with van der Waals surface area (Å²) in [5.41, 5.74) is 1.53. The molecule has 0 aliphatic heterocycles. The summed E-state index contributed by atoms with van der Waals surface area (Å²) in [6, 6.07) is 7.42. The maximum Gasteiger partial charge on any atom is 0.285 e. The molecule has 0 aliphatic rings. The summed E-state index contributed by atoms with van der Waals surface area (Å²) < 4.78 is 7.37. The van der Waals surface area contributed by atoms with E-state index in [9.17, 15) is 4.79 Å². The van der Waals surface area contributed by atoms with Gasteiger partial charge in [0.1, 0.15) is 15.9 Å². The molecule has 0 amide bonds. The molecule has 0 unspecified atom stereocenters. The average molecular weight is 311 g/mol. The third kappa shape index (κ3) is 2.22. The van der Waals surface area contributed by atoms with Crippen LogP contribution in [0.4, 0.5) is 0 Å². The molecule has 0 saturated carbocycles. The van der Waals surface area contributed by atoms with Crippen molar-refractivity contribution in [2.24, 2.45) is 0 Å². The van der Waals surface area contributed by atoms with Crippen LogP contribution in [0.2, 0.25) is 0 Å². The second kappa shape index (κ2) is 5.44. The van der Waals surface area contributed by atoms with Gasteiger partial charge in [0.25, 0.3) is 5.56 Å². The van der Waals surface area contributed by atoms with Crippen molar-refractivity contribution >= 4 is 15.9 Å². The van der Waals surface area contributed by atoms with Crippen molar-refractivity contribution in [3.8, 4) is 11.4 Å². The lowest BCUT2D eigenvalue weighted by atomic mass is 10.3. The highest BCUT2D eigenvalue weighted by Crippen LogP contribution is 2.22. The van der Waals surface area contributed by atoms with Crippen molar-refractivity contribution in [2.75, 3.05) is 7.11 Å². The van der Waals surface area contributed by atoms with E-state index in [1.54, 1.807) is 7.11 Å². The Morgan fingerprint density at radius 3 is 2.78 bits per heavy atom. The Kier molecular flexibility index (Phi) is 3.91. The second-order valence-corrected chi connectivity index (χ2v) is 4.76. The van der Waals surface area contributed by atoms with Crippen molar-refractivity contribution < 1.29 is 4.74 Å². The summed E-state index contributed by atoms with van der Waals surface area (Å²) in [6.07, 6.45) is 1.81. The summed E-state index contributed by atoms with van der Waals surface area (Å²) in [6.45, 7) is 2.07. The first-order valence-electron chi connectivity index (χ1n) is 5.81. The SMILES string of the molecule is CCCc1[nH]n(-c2ccccc2OC)c(=O)c1Br. The number of aromatic nitrogens is 2. The van der Waals surface area contributed by atoms with Crippen LogP contribution in [0.1, 0.15) is 19.0 Å². The van der Waals surface area contributed by atoms with Crippen LogP contribution in [0.25, 0.3) is 5.69 Å². The van der Waals surface area contributed by atoms with Gasteiger partial charge in [0.2, 0.25) is 0 Å². The summed E-state index contributed by atoms with van der Waals surface area (Å²) in [7, 11) is 1.59. The van der Waals surface area contributed by atoms with Crippen LogP contribution in [-0.4, -0.2) is 16.9 Å². The Morgan fingerprint density at radius 2 is 2.11 bits per heavy atom. The standard InChI is InChI=1S/C13H15BrN2O2/c1-3-6-9-12(14)13(17)16(15-9)10-7-4-5-8-11(10)18-2/h4-5,7-8,15H,3,6H2,1-2H3. The zero-order valence-corrected chi connectivity index (χ0v) is 12.0. The molecule has 18 heavy (non-hydrogen) atoms. The van der Waals surface area contributed by atoms with Gasteiger partial charge in [0.15, 0.2) is 0 Å². The third-order valence-electron chi connectivity index (χ3n) is 2.73. The number of ether oxygens (including phenoxy) is 1. The van der Waals surface area contributed by atoms with E-state index in [1.165, 1.54) is 4.68 Å². The van der Waals surface area contributed by atoms with Gasteiger partial charge in [0, 0.05) is 0 Å². The van der Waals surface area contributed by atoms with Gasteiger partial charge in [-0.05, 0) is 34.5 Å². The number of halogens is 1. The highest BCUT2D eigenvalue weighted by Gasteiger charge is 2.14. The van der Waals surface area contributed by atoms with E-state index < -0.39 is 0 Å². The van der Waals surface area contributed by atoms with Gasteiger partial charge in [-0.2, -0.15) is 0 Å². The Balaban J connectivity index is 2.57. The fraction of sp³-hybridized carbons (Fsp3) is 0.308. The van der Waals surface area contributed by atoms with Gasteiger partial charge >= 0.3 is 0 Å². The second-order valence-electron chi connectivity index (χ2n) is 3.97. The minimum absolute atomic E-state index is 0.0945. The molecular formula is C13H15BrN2O2. The molecule has 0 spiro atoms. The Hall–Kier alpha value is -1.49. The number of hydrogen-bond donors (Lipinski definition) is 1. The average Bonchev–Trinajstić information content (AvgIpc) is 2.67. The maximum atomic E-state index is 12.2. The molecule has 1 heterocycles. The molecule has 0 radical (unpaired) electrons. The molecule has 0 atom stereocenters. The fourth-order valence-corrected chi connectivity index (χ4v) is 2.33. The van der Waals surface area contributed by atoms with Crippen LogP contribution < -0.4 is 10.3 Å². The Labute approximate surface area is 114 Å². The van der Waals surface area contributed by atoms with Crippen molar-refractivity contribution in [1.29, 1.82) is 0 Å². The molecule has 1 N–H and O–H groups in total. The first kappa shape index (κ1) is 13.0. The van der Waals surface area contributed by atoms with Gasteiger partial charge < -0.3 is 4.74 Å². The molecule has 0 fully saturated rings. The summed E-state index contributed by atoms with van der Waals surface area (Å²) >= 11 is 3.34. The van der Waals surface area contributed by atoms with Gasteiger partial charge in [-0.1, -0.05) is 25.5 Å². The lowest BCUT2D eigenvalue weighted by molar-refractivity contribution is 0.411. The Morgan fingerprint density at radius 1 is 1.39 bits per heavy atom. The van der Waals surface area contributed by atoms with Crippen LogP contribution in [0.3, 0.4) is 0 Å². The number of aromatic amines is 1. The molecule has 2 rings (SSSR count). The highest BCUT2D eigenvalue weighted by molar-refractivity contribution is 9.10.